The molecule has 1 aliphatic rings. The van der Waals surface area contributed by atoms with Crippen molar-refractivity contribution in [3.8, 4) is 17.2 Å². The molecule has 0 unspecified atom stereocenters. The van der Waals surface area contributed by atoms with Gasteiger partial charge in [0.15, 0.2) is 0 Å². The number of ether oxygens (including phenoxy) is 2. The van der Waals surface area contributed by atoms with Crippen LogP contribution in [0.2, 0.25) is 0 Å². The number of carbonyl (C=O) groups excluding carboxylic acids is 1. The summed E-state index contributed by atoms with van der Waals surface area (Å²) in [7, 11) is 1.62. The summed E-state index contributed by atoms with van der Waals surface area (Å²) in [6, 6.07) is 27.2. The van der Waals surface area contributed by atoms with Gasteiger partial charge < -0.3 is 24.3 Å². The highest BCUT2D eigenvalue weighted by Gasteiger charge is 2.33. The van der Waals surface area contributed by atoms with E-state index in [1.807, 2.05) is 78.6 Å². The van der Waals surface area contributed by atoms with Crippen LogP contribution in [0.1, 0.15) is 29.8 Å². The lowest BCUT2D eigenvalue weighted by molar-refractivity contribution is 0.194. The fourth-order valence-corrected chi connectivity index (χ4v) is 4.47. The molecule has 3 aromatic carbocycles. The van der Waals surface area contributed by atoms with Gasteiger partial charge in [-0.3, -0.25) is 0 Å². The van der Waals surface area contributed by atoms with Crippen LogP contribution in [-0.4, -0.2) is 29.2 Å². The Balaban J connectivity index is 1.57. The summed E-state index contributed by atoms with van der Waals surface area (Å²) in [6.45, 7) is 3.05. The number of anilines is 1. The fraction of sp³-hybridized carbons (Fsp3) is 0.179. The molecule has 1 N–H and O–H groups in total. The first kappa shape index (κ1) is 21.6. The van der Waals surface area contributed by atoms with Crippen molar-refractivity contribution in [2.75, 3.05) is 19.0 Å². The summed E-state index contributed by atoms with van der Waals surface area (Å²) in [5.74, 6) is 1.56. The Hall–Kier alpha value is -4.19. The van der Waals surface area contributed by atoms with E-state index in [1.165, 1.54) is 0 Å². The second-order valence-electron chi connectivity index (χ2n) is 8.12. The van der Waals surface area contributed by atoms with Gasteiger partial charge in [0, 0.05) is 17.6 Å². The number of methoxy groups -OCH3 is 1. The van der Waals surface area contributed by atoms with Crippen molar-refractivity contribution in [1.82, 2.24) is 9.47 Å². The number of carbonyl (C=O) groups is 1. The first-order chi connectivity index (χ1) is 16.7. The minimum Gasteiger partial charge on any atom is -0.497 e. The first-order valence-corrected chi connectivity index (χ1v) is 11.4. The van der Waals surface area contributed by atoms with Gasteiger partial charge in [-0.25, -0.2) is 4.79 Å². The highest BCUT2D eigenvalue weighted by molar-refractivity contribution is 5.90. The van der Waals surface area contributed by atoms with Gasteiger partial charge in [0.1, 0.15) is 11.5 Å². The standard InChI is InChI=1S/C28H27N3O3/c1-3-34-24-14-10-20(11-15-24)27-26-9-6-18-30(26)25-8-5-4-7-21(25)19-31(27)28(32)29-22-12-16-23(33-2)17-13-22/h4-18,27H,3,19H2,1-2H3,(H,29,32)/t27-/m1/s1. The molecule has 0 radical (unpaired) electrons. The third kappa shape index (κ3) is 4.10. The Morgan fingerprint density at radius 1 is 0.941 bits per heavy atom. The summed E-state index contributed by atoms with van der Waals surface area (Å²) >= 11 is 0. The van der Waals surface area contributed by atoms with Crippen molar-refractivity contribution in [1.29, 1.82) is 0 Å². The van der Waals surface area contributed by atoms with Crippen molar-refractivity contribution >= 4 is 11.7 Å². The maximum Gasteiger partial charge on any atom is 0.322 e. The molecule has 1 aliphatic heterocycles. The average Bonchev–Trinajstić information content (AvgIpc) is 3.30. The maximum absolute atomic E-state index is 13.7. The molecule has 2 heterocycles. The zero-order valence-corrected chi connectivity index (χ0v) is 19.3. The number of rotatable bonds is 5. The Kier molecular flexibility index (Phi) is 5.95. The molecule has 0 fully saturated rings. The monoisotopic (exact) mass is 453 g/mol. The van der Waals surface area contributed by atoms with E-state index in [0.717, 1.165) is 34.0 Å². The summed E-state index contributed by atoms with van der Waals surface area (Å²) < 4.78 is 13.1. The summed E-state index contributed by atoms with van der Waals surface area (Å²) in [6.07, 6.45) is 2.06. The number of para-hydroxylation sites is 1. The number of amides is 2. The van der Waals surface area contributed by atoms with Gasteiger partial charge in [0.05, 0.1) is 32.0 Å². The van der Waals surface area contributed by atoms with Gasteiger partial charge in [-0.2, -0.15) is 0 Å². The van der Waals surface area contributed by atoms with Crippen molar-refractivity contribution < 1.29 is 14.3 Å². The molecule has 6 nitrogen and oxygen atoms in total. The quantitative estimate of drug-likeness (QED) is 0.402. The number of nitrogens with one attached hydrogen (secondary N) is 1. The van der Waals surface area contributed by atoms with Crippen LogP contribution in [0, 0.1) is 0 Å². The topological polar surface area (TPSA) is 55.7 Å². The van der Waals surface area contributed by atoms with Crippen molar-refractivity contribution in [3.05, 3.63) is 108 Å². The van der Waals surface area contributed by atoms with Crippen LogP contribution >= 0.6 is 0 Å². The maximum atomic E-state index is 13.7. The molecule has 1 aromatic heterocycles. The normalized spacial score (nSPS) is 14.5. The molecule has 0 aliphatic carbocycles. The highest BCUT2D eigenvalue weighted by Crippen LogP contribution is 2.37. The Labute approximate surface area is 199 Å². The van der Waals surface area contributed by atoms with E-state index in [1.54, 1.807) is 7.11 Å². The smallest absolute Gasteiger partial charge is 0.322 e. The van der Waals surface area contributed by atoms with Crippen LogP contribution in [0.3, 0.4) is 0 Å². The first-order valence-electron chi connectivity index (χ1n) is 11.4. The molecule has 4 aromatic rings. The van der Waals surface area contributed by atoms with Gasteiger partial charge >= 0.3 is 6.03 Å². The van der Waals surface area contributed by atoms with Crippen LogP contribution in [0.15, 0.2) is 91.1 Å². The van der Waals surface area contributed by atoms with Crippen molar-refractivity contribution in [2.45, 2.75) is 19.5 Å². The predicted molar refractivity (Wildman–Crippen MR) is 133 cm³/mol. The molecule has 1 atom stereocenters. The van der Waals surface area contributed by atoms with Crippen LogP contribution in [0.5, 0.6) is 11.5 Å². The second-order valence-corrected chi connectivity index (χ2v) is 8.12. The Morgan fingerprint density at radius 3 is 2.41 bits per heavy atom. The molecule has 6 heteroatoms. The molecule has 0 spiro atoms. The van der Waals surface area contributed by atoms with Gasteiger partial charge in [0.25, 0.3) is 0 Å². The largest absolute Gasteiger partial charge is 0.497 e. The minimum absolute atomic E-state index is 0.173. The van der Waals surface area contributed by atoms with E-state index in [4.69, 9.17) is 9.47 Å². The number of benzene rings is 3. The van der Waals surface area contributed by atoms with Gasteiger partial charge in [-0.15, -0.1) is 0 Å². The summed E-state index contributed by atoms with van der Waals surface area (Å²) in [4.78, 5) is 15.6. The highest BCUT2D eigenvalue weighted by atomic mass is 16.5. The molecule has 0 bridgehead atoms. The third-order valence-electron chi connectivity index (χ3n) is 6.07. The van der Waals surface area contributed by atoms with Crippen molar-refractivity contribution in [3.63, 3.8) is 0 Å². The number of fused-ring (bicyclic) bond motifs is 3. The van der Waals surface area contributed by atoms with Crippen LogP contribution in [0.4, 0.5) is 10.5 Å². The Bertz CT molecular complexity index is 1280. The second kappa shape index (κ2) is 9.35. The zero-order chi connectivity index (χ0) is 23.5. The predicted octanol–water partition coefficient (Wildman–Crippen LogP) is 6.02. The van der Waals surface area contributed by atoms with Crippen LogP contribution in [-0.2, 0) is 6.54 Å². The molecule has 34 heavy (non-hydrogen) atoms. The SMILES string of the molecule is CCOc1ccc([C@@H]2c3cccn3-c3ccccc3CN2C(=O)Nc2ccc(OC)cc2)cc1. The van der Waals surface area contributed by atoms with Gasteiger partial charge in [-0.1, -0.05) is 30.3 Å². The molecule has 2 amide bonds. The van der Waals surface area contributed by atoms with Gasteiger partial charge in [0.2, 0.25) is 0 Å². The zero-order valence-electron chi connectivity index (χ0n) is 19.3. The van der Waals surface area contributed by atoms with Crippen molar-refractivity contribution in [2.24, 2.45) is 0 Å². The van der Waals surface area contributed by atoms with E-state index in [2.05, 4.69) is 34.3 Å². The van der Waals surface area contributed by atoms with Crippen LogP contribution in [0.25, 0.3) is 5.69 Å². The molecule has 5 rings (SSSR count). The molecular formula is C28H27N3O3. The van der Waals surface area contributed by atoms with Gasteiger partial charge in [-0.05, 0) is 72.6 Å². The lowest BCUT2D eigenvalue weighted by atomic mass is 10.0. The molecule has 0 saturated carbocycles. The lowest BCUT2D eigenvalue weighted by Crippen LogP contribution is -2.37. The average molecular weight is 454 g/mol. The molecular weight excluding hydrogens is 426 g/mol. The molecule has 172 valence electrons. The number of nitrogens with zero attached hydrogens (tertiary/aromatic N) is 2. The summed E-state index contributed by atoms with van der Waals surface area (Å²) in [5.41, 5.74) is 4.92. The number of hydrogen-bond acceptors (Lipinski definition) is 3. The third-order valence-corrected chi connectivity index (χ3v) is 6.07. The summed E-state index contributed by atoms with van der Waals surface area (Å²) in [5, 5.41) is 3.07. The fourth-order valence-electron chi connectivity index (χ4n) is 4.47. The number of hydrogen-bond donors (Lipinski definition) is 1. The number of aromatic nitrogens is 1. The van der Waals surface area contributed by atoms with E-state index >= 15 is 0 Å². The van der Waals surface area contributed by atoms with E-state index in [0.29, 0.717) is 18.8 Å². The number of urea groups is 1. The van der Waals surface area contributed by atoms with Crippen LogP contribution < -0.4 is 14.8 Å². The van der Waals surface area contributed by atoms with E-state index in [9.17, 15) is 4.79 Å². The molecule has 0 saturated heterocycles. The van der Waals surface area contributed by atoms with E-state index < -0.39 is 0 Å². The van der Waals surface area contributed by atoms with E-state index in [-0.39, 0.29) is 12.1 Å². The minimum atomic E-state index is -0.281. The lowest BCUT2D eigenvalue weighted by Gasteiger charge is -2.31. The Morgan fingerprint density at radius 2 is 1.68 bits per heavy atom.